The number of Topliss-reactive ketones (excluding diaryl/α,β-unsaturated/α-hetero) is 1. The number of thiazole rings is 1. The number of benzene rings is 3. The van der Waals surface area contributed by atoms with Crippen molar-refractivity contribution in [3.63, 3.8) is 0 Å². The number of hydrogen-bond donors (Lipinski definition) is 1. The Kier molecular flexibility index (Phi) is 5.70. The molecule has 0 saturated heterocycles. The summed E-state index contributed by atoms with van der Waals surface area (Å²) in [5, 5.41) is 11.1. The highest BCUT2D eigenvalue weighted by molar-refractivity contribution is 7.22. The van der Waals surface area contributed by atoms with Crippen molar-refractivity contribution in [2.45, 2.75) is 6.04 Å². The molecular formula is C26H19FN2O5S. The molecule has 7 nitrogen and oxygen atoms in total. The number of aliphatic hydroxyl groups excluding tert-OH is 1. The van der Waals surface area contributed by atoms with Crippen LogP contribution in [0.25, 0.3) is 10.2 Å². The van der Waals surface area contributed by atoms with Crippen LogP contribution in [0.15, 0.2) is 78.1 Å². The Balaban J connectivity index is 1.70. The van der Waals surface area contributed by atoms with E-state index in [0.29, 0.717) is 11.3 Å². The van der Waals surface area contributed by atoms with Crippen molar-refractivity contribution in [3.05, 3.63) is 95.0 Å². The summed E-state index contributed by atoms with van der Waals surface area (Å²) >= 11 is 1.17. The number of amides is 1. The third-order valence-electron chi connectivity index (χ3n) is 5.79. The Morgan fingerprint density at radius 1 is 1.06 bits per heavy atom. The van der Waals surface area contributed by atoms with Crippen molar-refractivity contribution in [3.8, 4) is 11.5 Å². The summed E-state index contributed by atoms with van der Waals surface area (Å²) in [7, 11) is 2.95. The number of aliphatic hydroxyl groups is 1. The van der Waals surface area contributed by atoms with E-state index < -0.39 is 29.3 Å². The summed E-state index contributed by atoms with van der Waals surface area (Å²) in [6.07, 6.45) is 0. The van der Waals surface area contributed by atoms with E-state index in [2.05, 4.69) is 4.98 Å². The van der Waals surface area contributed by atoms with Crippen LogP contribution in [0.3, 0.4) is 0 Å². The Morgan fingerprint density at radius 3 is 2.54 bits per heavy atom. The van der Waals surface area contributed by atoms with Gasteiger partial charge in [-0.05, 0) is 36.4 Å². The molecule has 4 aromatic rings. The number of halogens is 1. The topological polar surface area (TPSA) is 89.0 Å². The van der Waals surface area contributed by atoms with E-state index in [1.54, 1.807) is 49.6 Å². The summed E-state index contributed by atoms with van der Waals surface area (Å²) in [5.41, 5.74) is 0.540. The molecule has 0 saturated carbocycles. The molecule has 0 radical (unpaired) electrons. The molecule has 0 bridgehead atoms. The van der Waals surface area contributed by atoms with Crippen molar-refractivity contribution in [2.24, 2.45) is 0 Å². The fraction of sp³-hybridized carbons (Fsp3) is 0.115. The first-order chi connectivity index (χ1) is 16.9. The number of para-hydroxylation sites is 1. The normalized spacial score (nSPS) is 15.7. The molecule has 9 heteroatoms. The van der Waals surface area contributed by atoms with E-state index >= 15 is 4.39 Å². The second-order valence-electron chi connectivity index (χ2n) is 7.72. The van der Waals surface area contributed by atoms with Crippen molar-refractivity contribution < 1.29 is 28.6 Å². The lowest BCUT2D eigenvalue weighted by Crippen LogP contribution is -2.31. The van der Waals surface area contributed by atoms with Gasteiger partial charge >= 0.3 is 0 Å². The molecule has 1 N–H and O–H groups in total. The molecule has 1 aromatic heterocycles. The molecule has 1 aliphatic heterocycles. The first-order valence-electron chi connectivity index (χ1n) is 10.6. The molecule has 0 aliphatic carbocycles. The maximum absolute atomic E-state index is 15.1. The number of ketones is 1. The monoisotopic (exact) mass is 490 g/mol. The van der Waals surface area contributed by atoms with Crippen LogP contribution in [0.2, 0.25) is 0 Å². The van der Waals surface area contributed by atoms with Gasteiger partial charge in [0, 0.05) is 5.56 Å². The number of hydrogen-bond acceptors (Lipinski definition) is 7. The minimum Gasteiger partial charge on any atom is -0.503 e. The van der Waals surface area contributed by atoms with Crippen molar-refractivity contribution in [1.29, 1.82) is 0 Å². The molecule has 1 unspecified atom stereocenters. The maximum atomic E-state index is 15.1. The van der Waals surface area contributed by atoms with Gasteiger partial charge in [0.05, 0.1) is 35.6 Å². The van der Waals surface area contributed by atoms with Crippen LogP contribution in [0, 0.1) is 5.82 Å². The molecule has 2 heterocycles. The molecule has 5 rings (SSSR count). The summed E-state index contributed by atoms with van der Waals surface area (Å²) in [6.45, 7) is 0. The maximum Gasteiger partial charge on any atom is 0.296 e. The lowest BCUT2D eigenvalue weighted by atomic mass is 9.92. The van der Waals surface area contributed by atoms with Gasteiger partial charge in [0.25, 0.3) is 5.91 Å². The first kappa shape index (κ1) is 22.5. The second kappa shape index (κ2) is 8.84. The Hall–Kier alpha value is -4.24. The fourth-order valence-electron chi connectivity index (χ4n) is 4.13. The zero-order valence-electron chi connectivity index (χ0n) is 18.7. The quantitative estimate of drug-likeness (QED) is 0.372. The molecule has 0 fully saturated rings. The summed E-state index contributed by atoms with van der Waals surface area (Å²) < 4.78 is 26.4. The van der Waals surface area contributed by atoms with E-state index in [9.17, 15) is 14.7 Å². The average Bonchev–Trinajstić information content (AvgIpc) is 3.41. The first-order valence-corrected chi connectivity index (χ1v) is 11.4. The number of nitrogens with zero attached hydrogens (tertiary/aromatic N) is 2. The average molecular weight is 491 g/mol. The number of fused-ring (bicyclic) bond motifs is 1. The zero-order valence-corrected chi connectivity index (χ0v) is 19.5. The summed E-state index contributed by atoms with van der Waals surface area (Å²) in [6, 6.07) is 16.3. The highest BCUT2D eigenvalue weighted by Gasteiger charge is 2.47. The molecule has 35 heavy (non-hydrogen) atoms. The van der Waals surface area contributed by atoms with Gasteiger partial charge in [-0.3, -0.25) is 14.5 Å². The van der Waals surface area contributed by atoms with Gasteiger partial charge in [-0.25, -0.2) is 9.37 Å². The van der Waals surface area contributed by atoms with Gasteiger partial charge in [0.15, 0.2) is 16.7 Å². The van der Waals surface area contributed by atoms with Crippen LogP contribution < -0.4 is 14.4 Å². The molecule has 176 valence electrons. The van der Waals surface area contributed by atoms with Crippen LogP contribution in [-0.4, -0.2) is 36.0 Å². The second-order valence-corrected chi connectivity index (χ2v) is 8.73. The SMILES string of the molecule is COc1ccc2nc(N3C(=O)C(O)=C(C(=O)c4ccccc4OC)C3c3ccccc3F)sc2c1. The van der Waals surface area contributed by atoms with Crippen LogP contribution in [0.5, 0.6) is 11.5 Å². The van der Waals surface area contributed by atoms with Crippen molar-refractivity contribution >= 4 is 38.4 Å². The van der Waals surface area contributed by atoms with Crippen LogP contribution >= 0.6 is 11.3 Å². The number of aromatic nitrogens is 1. The van der Waals surface area contributed by atoms with E-state index in [-0.39, 0.29) is 27.6 Å². The standard InChI is InChI=1S/C26H19FN2O5S/c1-33-14-11-12-18-20(13-14)35-26(28-18)29-22(15-7-3-5-9-17(15)27)21(24(31)25(29)32)23(30)16-8-4-6-10-19(16)34-2/h3-13,22,31H,1-2H3. The molecule has 1 atom stereocenters. The van der Waals surface area contributed by atoms with E-state index in [0.717, 1.165) is 9.60 Å². The van der Waals surface area contributed by atoms with Gasteiger partial charge in [-0.1, -0.05) is 41.7 Å². The number of ether oxygens (including phenoxy) is 2. The van der Waals surface area contributed by atoms with Gasteiger partial charge < -0.3 is 14.6 Å². The predicted octanol–water partition coefficient (Wildman–Crippen LogP) is 5.24. The van der Waals surface area contributed by atoms with E-state index in [1.807, 2.05) is 0 Å². The number of carbonyl (C=O) groups is 2. The van der Waals surface area contributed by atoms with Gasteiger partial charge in [0.2, 0.25) is 0 Å². The fourth-order valence-corrected chi connectivity index (χ4v) is 5.15. The smallest absolute Gasteiger partial charge is 0.296 e. The third-order valence-corrected chi connectivity index (χ3v) is 6.81. The number of rotatable bonds is 6. The molecule has 1 aliphatic rings. The lowest BCUT2D eigenvalue weighted by molar-refractivity contribution is -0.117. The summed E-state index contributed by atoms with van der Waals surface area (Å²) in [5.74, 6) is -2.00. The number of anilines is 1. The highest BCUT2D eigenvalue weighted by Crippen LogP contribution is 2.45. The van der Waals surface area contributed by atoms with Crippen LogP contribution in [0.4, 0.5) is 9.52 Å². The largest absolute Gasteiger partial charge is 0.503 e. The number of carbonyl (C=O) groups excluding carboxylic acids is 2. The molecular weight excluding hydrogens is 471 g/mol. The van der Waals surface area contributed by atoms with Crippen LogP contribution in [0.1, 0.15) is 22.0 Å². The minimum absolute atomic E-state index is 0.0555. The minimum atomic E-state index is -1.23. The Bertz CT molecular complexity index is 1510. The van der Waals surface area contributed by atoms with Gasteiger partial charge in [-0.15, -0.1) is 0 Å². The van der Waals surface area contributed by atoms with E-state index in [4.69, 9.17) is 9.47 Å². The summed E-state index contributed by atoms with van der Waals surface area (Å²) in [4.78, 5) is 32.7. The Morgan fingerprint density at radius 2 is 1.80 bits per heavy atom. The Labute approximate surface area is 203 Å². The highest BCUT2D eigenvalue weighted by atomic mass is 32.1. The zero-order chi connectivity index (χ0) is 24.7. The lowest BCUT2D eigenvalue weighted by Gasteiger charge is -2.25. The third kappa shape index (κ3) is 3.70. The van der Waals surface area contributed by atoms with Crippen molar-refractivity contribution in [2.75, 3.05) is 19.1 Å². The van der Waals surface area contributed by atoms with Gasteiger partial charge in [0.1, 0.15) is 23.4 Å². The van der Waals surface area contributed by atoms with Gasteiger partial charge in [-0.2, -0.15) is 0 Å². The molecule has 0 spiro atoms. The van der Waals surface area contributed by atoms with Crippen molar-refractivity contribution in [1.82, 2.24) is 4.98 Å². The predicted molar refractivity (Wildman–Crippen MR) is 130 cm³/mol. The molecule has 1 amide bonds. The van der Waals surface area contributed by atoms with E-state index in [1.165, 1.54) is 42.7 Å². The number of methoxy groups -OCH3 is 2. The van der Waals surface area contributed by atoms with Crippen LogP contribution in [-0.2, 0) is 4.79 Å². The molecule has 3 aromatic carbocycles.